The number of alkyl halides is 1. The normalized spacial score (nSPS) is 23.1. The highest BCUT2D eigenvalue weighted by Gasteiger charge is 2.28. The van der Waals surface area contributed by atoms with Crippen LogP contribution in [0.2, 0.25) is 5.02 Å². The third-order valence-corrected chi connectivity index (χ3v) is 4.25. The fourth-order valence-electron chi connectivity index (χ4n) is 2.46. The maximum atomic E-state index is 12.2. The van der Waals surface area contributed by atoms with Crippen LogP contribution in [-0.4, -0.2) is 17.8 Å². The molecule has 0 radical (unpaired) electrons. The van der Waals surface area contributed by atoms with E-state index in [9.17, 15) is 4.79 Å². The van der Waals surface area contributed by atoms with E-state index in [2.05, 4.69) is 5.32 Å². The number of halogens is 2. The third kappa shape index (κ3) is 2.99. The van der Waals surface area contributed by atoms with Crippen LogP contribution in [0.5, 0.6) is 0 Å². The van der Waals surface area contributed by atoms with Crippen LogP contribution in [0.4, 0.5) is 0 Å². The van der Waals surface area contributed by atoms with Crippen LogP contribution >= 0.6 is 23.2 Å². The van der Waals surface area contributed by atoms with Crippen molar-refractivity contribution in [2.75, 3.05) is 5.88 Å². The van der Waals surface area contributed by atoms with Gasteiger partial charge in [0.25, 0.3) is 5.91 Å². The van der Waals surface area contributed by atoms with Gasteiger partial charge in [-0.25, -0.2) is 0 Å². The highest BCUT2D eigenvalue weighted by Crippen LogP contribution is 2.27. The Balaban J connectivity index is 2.07. The predicted octanol–water partition coefficient (Wildman–Crippen LogP) is 3.79. The lowest BCUT2D eigenvalue weighted by Gasteiger charge is -2.19. The first-order valence-corrected chi connectivity index (χ1v) is 7.16. The number of hydrogen-bond acceptors (Lipinski definition) is 1. The summed E-state index contributed by atoms with van der Waals surface area (Å²) in [6.07, 6.45) is 3.23. The van der Waals surface area contributed by atoms with Crippen LogP contribution in [0, 0.1) is 12.8 Å². The van der Waals surface area contributed by atoms with Crippen molar-refractivity contribution in [2.45, 2.75) is 32.2 Å². The van der Waals surface area contributed by atoms with Crippen LogP contribution < -0.4 is 5.32 Å². The SMILES string of the molecule is Cc1ccc(C(=O)NC2CCCC2CCl)c(Cl)c1. The molecule has 1 aliphatic carbocycles. The van der Waals surface area contributed by atoms with Gasteiger partial charge in [-0.05, 0) is 43.4 Å². The van der Waals surface area contributed by atoms with E-state index in [0.717, 1.165) is 24.8 Å². The first-order valence-electron chi connectivity index (χ1n) is 6.25. The van der Waals surface area contributed by atoms with Crippen LogP contribution in [-0.2, 0) is 0 Å². The van der Waals surface area contributed by atoms with E-state index in [0.29, 0.717) is 22.4 Å². The molecular formula is C14H17Cl2NO. The number of amides is 1. The van der Waals surface area contributed by atoms with Crippen LogP contribution in [0.3, 0.4) is 0 Å². The Bertz CT molecular complexity index is 447. The van der Waals surface area contributed by atoms with Gasteiger partial charge in [0, 0.05) is 11.9 Å². The Hall–Kier alpha value is -0.730. The lowest BCUT2D eigenvalue weighted by molar-refractivity contribution is 0.0930. The van der Waals surface area contributed by atoms with Gasteiger partial charge in [-0.2, -0.15) is 0 Å². The molecule has 1 saturated carbocycles. The molecule has 1 aromatic rings. The Morgan fingerprint density at radius 1 is 1.44 bits per heavy atom. The molecule has 0 bridgehead atoms. The fraction of sp³-hybridized carbons (Fsp3) is 0.500. The number of benzene rings is 1. The highest BCUT2D eigenvalue weighted by atomic mass is 35.5. The molecule has 2 unspecified atom stereocenters. The zero-order valence-electron chi connectivity index (χ0n) is 10.4. The van der Waals surface area contributed by atoms with Crippen LogP contribution in [0.25, 0.3) is 0 Å². The second-order valence-corrected chi connectivity index (χ2v) is 5.62. The molecule has 1 amide bonds. The molecule has 2 nitrogen and oxygen atoms in total. The van der Waals surface area contributed by atoms with Gasteiger partial charge in [0.1, 0.15) is 0 Å². The summed E-state index contributed by atoms with van der Waals surface area (Å²) in [5.74, 6) is 0.897. The fourth-order valence-corrected chi connectivity index (χ4v) is 3.15. The Morgan fingerprint density at radius 2 is 2.22 bits per heavy atom. The van der Waals surface area contributed by atoms with E-state index in [1.54, 1.807) is 6.07 Å². The van der Waals surface area contributed by atoms with E-state index in [1.807, 2.05) is 19.1 Å². The average Bonchev–Trinajstić information content (AvgIpc) is 2.76. The molecule has 2 atom stereocenters. The van der Waals surface area contributed by atoms with Gasteiger partial charge in [0.05, 0.1) is 10.6 Å². The molecule has 98 valence electrons. The van der Waals surface area contributed by atoms with Crippen molar-refractivity contribution in [3.8, 4) is 0 Å². The minimum Gasteiger partial charge on any atom is -0.349 e. The zero-order chi connectivity index (χ0) is 13.1. The van der Waals surface area contributed by atoms with Crippen molar-refractivity contribution in [1.29, 1.82) is 0 Å². The summed E-state index contributed by atoms with van der Waals surface area (Å²) in [6, 6.07) is 5.67. The largest absolute Gasteiger partial charge is 0.349 e. The molecule has 0 aliphatic heterocycles. The second-order valence-electron chi connectivity index (χ2n) is 4.91. The number of nitrogens with one attached hydrogen (secondary N) is 1. The van der Waals surface area contributed by atoms with Crippen molar-refractivity contribution in [3.63, 3.8) is 0 Å². The van der Waals surface area contributed by atoms with E-state index < -0.39 is 0 Å². The first-order chi connectivity index (χ1) is 8.61. The van der Waals surface area contributed by atoms with Gasteiger partial charge >= 0.3 is 0 Å². The number of carbonyl (C=O) groups is 1. The molecule has 1 N–H and O–H groups in total. The molecule has 1 fully saturated rings. The third-order valence-electron chi connectivity index (χ3n) is 3.54. The second kappa shape index (κ2) is 5.94. The molecule has 1 aliphatic rings. The standard InChI is InChI=1S/C14H17Cl2NO/c1-9-5-6-11(12(16)7-9)14(18)17-13-4-2-3-10(13)8-15/h5-7,10,13H,2-4,8H2,1H3,(H,17,18). The molecule has 0 aromatic heterocycles. The summed E-state index contributed by atoms with van der Waals surface area (Å²) in [5.41, 5.74) is 1.60. The lowest BCUT2D eigenvalue weighted by atomic mass is 10.1. The van der Waals surface area contributed by atoms with Crippen molar-refractivity contribution < 1.29 is 4.79 Å². The van der Waals surface area contributed by atoms with Gasteiger partial charge in [-0.15, -0.1) is 11.6 Å². The summed E-state index contributed by atoms with van der Waals surface area (Å²) in [4.78, 5) is 12.2. The number of rotatable bonds is 3. The summed E-state index contributed by atoms with van der Waals surface area (Å²) in [5, 5.41) is 3.56. The quantitative estimate of drug-likeness (QED) is 0.842. The molecule has 2 rings (SSSR count). The van der Waals surface area contributed by atoms with Gasteiger partial charge in [0.2, 0.25) is 0 Å². The number of carbonyl (C=O) groups excluding carboxylic acids is 1. The van der Waals surface area contributed by atoms with Crippen LogP contribution in [0.1, 0.15) is 35.2 Å². The topological polar surface area (TPSA) is 29.1 Å². The minimum atomic E-state index is -0.0954. The van der Waals surface area contributed by atoms with Crippen molar-refractivity contribution in [1.82, 2.24) is 5.32 Å². The Labute approximate surface area is 118 Å². The summed E-state index contributed by atoms with van der Waals surface area (Å²) >= 11 is 12.0. The van der Waals surface area contributed by atoms with Crippen molar-refractivity contribution in [3.05, 3.63) is 34.3 Å². The molecule has 4 heteroatoms. The van der Waals surface area contributed by atoms with Gasteiger partial charge in [-0.3, -0.25) is 4.79 Å². The van der Waals surface area contributed by atoms with Crippen molar-refractivity contribution in [2.24, 2.45) is 5.92 Å². The van der Waals surface area contributed by atoms with Crippen molar-refractivity contribution >= 4 is 29.1 Å². The van der Waals surface area contributed by atoms with E-state index >= 15 is 0 Å². The molecule has 1 aromatic carbocycles. The van der Waals surface area contributed by atoms with Gasteiger partial charge < -0.3 is 5.32 Å². The highest BCUT2D eigenvalue weighted by molar-refractivity contribution is 6.33. The lowest BCUT2D eigenvalue weighted by Crippen LogP contribution is -2.38. The molecular weight excluding hydrogens is 269 g/mol. The van der Waals surface area contributed by atoms with E-state index in [-0.39, 0.29) is 11.9 Å². The number of hydrogen-bond donors (Lipinski definition) is 1. The van der Waals surface area contributed by atoms with Gasteiger partial charge in [0.15, 0.2) is 0 Å². The smallest absolute Gasteiger partial charge is 0.253 e. The first kappa shape index (κ1) is 13.7. The molecule has 0 spiro atoms. The number of aryl methyl sites for hydroxylation is 1. The molecule has 0 saturated heterocycles. The van der Waals surface area contributed by atoms with E-state index in [4.69, 9.17) is 23.2 Å². The predicted molar refractivity (Wildman–Crippen MR) is 75.5 cm³/mol. The Morgan fingerprint density at radius 3 is 2.89 bits per heavy atom. The van der Waals surface area contributed by atoms with Crippen LogP contribution in [0.15, 0.2) is 18.2 Å². The maximum Gasteiger partial charge on any atom is 0.253 e. The van der Waals surface area contributed by atoms with E-state index in [1.165, 1.54) is 0 Å². The average molecular weight is 286 g/mol. The molecule has 18 heavy (non-hydrogen) atoms. The molecule has 0 heterocycles. The Kier molecular flexibility index (Phi) is 4.52. The monoisotopic (exact) mass is 285 g/mol. The zero-order valence-corrected chi connectivity index (χ0v) is 11.9. The maximum absolute atomic E-state index is 12.2. The minimum absolute atomic E-state index is 0.0954. The summed E-state index contributed by atoms with van der Waals surface area (Å²) in [7, 11) is 0. The summed E-state index contributed by atoms with van der Waals surface area (Å²) in [6.45, 7) is 1.95. The van der Waals surface area contributed by atoms with Gasteiger partial charge in [-0.1, -0.05) is 24.1 Å². The summed E-state index contributed by atoms with van der Waals surface area (Å²) < 4.78 is 0.